The van der Waals surface area contributed by atoms with Crippen LogP contribution < -0.4 is 14.8 Å². The van der Waals surface area contributed by atoms with Crippen LogP contribution in [-0.4, -0.2) is 20.8 Å². The number of fused-ring (bicyclic) bond motifs is 1. The van der Waals surface area contributed by atoms with Crippen LogP contribution in [0.3, 0.4) is 0 Å². The molecular weight excluding hydrogens is 262 g/mol. The molecule has 0 radical (unpaired) electrons. The largest absolute Gasteiger partial charge is 0.497 e. The van der Waals surface area contributed by atoms with Gasteiger partial charge < -0.3 is 14.8 Å². The second kappa shape index (κ2) is 6.19. The predicted octanol–water partition coefficient (Wildman–Crippen LogP) is 3.13. The normalized spacial score (nSPS) is 17.1. The minimum Gasteiger partial charge on any atom is -0.497 e. The summed E-state index contributed by atoms with van der Waals surface area (Å²) in [6.07, 6.45) is 2.00. The van der Waals surface area contributed by atoms with Gasteiger partial charge in [-0.05, 0) is 54.3 Å². The van der Waals surface area contributed by atoms with Crippen molar-refractivity contribution in [3.63, 3.8) is 0 Å². The molecule has 1 atom stereocenters. The Hall–Kier alpha value is -2.00. The molecule has 1 N–H and O–H groups in total. The monoisotopic (exact) mass is 283 g/mol. The van der Waals surface area contributed by atoms with E-state index in [4.69, 9.17) is 9.47 Å². The van der Waals surface area contributed by atoms with Crippen molar-refractivity contribution in [2.75, 3.05) is 20.8 Å². The zero-order valence-corrected chi connectivity index (χ0v) is 12.6. The molecule has 0 aromatic heterocycles. The Labute approximate surface area is 125 Å². The molecule has 110 valence electrons. The van der Waals surface area contributed by atoms with Crippen molar-refractivity contribution in [1.82, 2.24) is 5.32 Å². The Bertz CT molecular complexity index is 624. The van der Waals surface area contributed by atoms with E-state index in [1.165, 1.54) is 16.7 Å². The molecule has 3 rings (SSSR count). The summed E-state index contributed by atoms with van der Waals surface area (Å²) in [5.41, 5.74) is 4.02. The van der Waals surface area contributed by atoms with E-state index in [1.807, 2.05) is 12.1 Å². The van der Waals surface area contributed by atoms with Crippen LogP contribution in [0.5, 0.6) is 11.5 Å². The van der Waals surface area contributed by atoms with E-state index in [0.717, 1.165) is 30.9 Å². The quantitative estimate of drug-likeness (QED) is 0.935. The number of hydrogen-bond donors (Lipinski definition) is 1. The highest BCUT2D eigenvalue weighted by Crippen LogP contribution is 2.31. The van der Waals surface area contributed by atoms with Gasteiger partial charge in [0, 0.05) is 6.04 Å². The van der Waals surface area contributed by atoms with Crippen LogP contribution >= 0.6 is 0 Å². The second-order valence-corrected chi connectivity index (χ2v) is 5.34. The molecule has 0 amide bonds. The van der Waals surface area contributed by atoms with Crippen LogP contribution in [0.25, 0.3) is 0 Å². The van der Waals surface area contributed by atoms with E-state index in [2.05, 4.69) is 35.6 Å². The highest BCUT2D eigenvalue weighted by Gasteiger charge is 2.21. The van der Waals surface area contributed by atoms with Crippen LogP contribution in [0.2, 0.25) is 0 Å². The number of methoxy groups -OCH3 is 2. The summed E-state index contributed by atoms with van der Waals surface area (Å²) in [6, 6.07) is 15.0. The number of ether oxygens (including phenoxy) is 2. The molecule has 0 fully saturated rings. The van der Waals surface area contributed by atoms with Crippen molar-refractivity contribution in [1.29, 1.82) is 0 Å². The third-order valence-electron chi connectivity index (χ3n) is 4.13. The maximum Gasteiger partial charge on any atom is 0.122 e. The van der Waals surface area contributed by atoms with Crippen molar-refractivity contribution >= 4 is 0 Å². The molecule has 0 bridgehead atoms. The smallest absolute Gasteiger partial charge is 0.122 e. The summed E-state index contributed by atoms with van der Waals surface area (Å²) in [5.74, 6) is 1.79. The van der Waals surface area contributed by atoms with Gasteiger partial charge in [0.2, 0.25) is 0 Å². The highest BCUT2D eigenvalue weighted by atomic mass is 16.5. The van der Waals surface area contributed by atoms with E-state index in [9.17, 15) is 0 Å². The zero-order valence-electron chi connectivity index (χ0n) is 12.6. The maximum atomic E-state index is 5.49. The first kappa shape index (κ1) is 14.0. The second-order valence-electron chi connectivity index (χ2n) is 5.34. The first-order chi connectivity index (χ1) is 10.3. The molecule has 0 saturated heterocycles. The first-order valence-electron chi connectivity index (χ1n) is 7.34. The molecular formula is C18H21NO2. The molecule has 1 unspecified atom stereocenters. The van der Waals surface area contributed by atoms with Crippen molar-refractivity contribution < 1.29 is 9.47 Å². The van der Waals surface area contributed by atoms with Crippen LogP contribution in [-0.2, 0) is 12.8 Å². The standard InChI is InChI=1S/C18H21NO2/c1-20-15-7-8-18(21-2)14(11-15)12-17-16-6-4-3-5-13(16)9-10-19-17/h3-8,11,17,19H,9-10,12H2,1-2H3. The average molecular weight is 283 g/mol. The van der Waals surface area contributed by atoms with Crippen molar-refractivity contribution in [2.45, 2.75) is 18.9 Å². The van der Waals surface area contributed by atoms with Gasteiger partial charge in [-0.2, -0.15) is 0 Å². The van der Waals surface area contributed by atoms with Gasteiger partial charge in [0.25, 0.3) is 0 Å². The lowest BCUT2D eigenvalue weighted by Crippen LogP contribution is -2.31. The van der Waals surface area contributed by atoms with E-state index < -0.39 is 0 Å². The predicted molar refractivity (Wildman–Crippen MR) is 84.1 cm³/mol. The third kappa shape index (κ3) is 2.88. The summed E-state index contributed by atoms with van der Waals surface area (Å²) in [4.78, 5) is 0. The number of benzene rings is 2. The summed E-state index contributed by atoms with van der Waals surface area (Å²) in [7, 11) is 3.41. The SMILES string of the molecule is COc1ccc(OC)c(CC2NCCc3ccccc32)c1. The van der Waals surface area contributed by atoms with Crippen molar-refractivity contribution in [3.8, 4) is 11.5 Å². The molecule has 1 heterocycles. The Kier molecular flexibility index (Phi) is 4.11. The fourth-order valence-corrected chi connectivity index (χ4v) is 3.04. The fourth-order valence-electron chi connectivity index (χ4n) is 3.04. The van der Waals surface area contributed by atoms with E-state index in [-0.39, 0.29) is 0 Å². The minimum absolute atomic E-state index is 0.330. The van der Waals surface area contributed by atoms with Crippen LogP contribution in [0.1, 0.15) is 22.7 Å². The van der Waals surface area contributed by atoms with Crippen LogP contribution in [0, 0.1) is 0 Å². The lowest BCUT2D eigenvalue weighted by atomic mass is 9.90. The fraction of sp³-hybridized carbons (Fsp3) is 0.333. The molecule has 2 aromatic rings. The summed E-state index contributed by atoms with van der Waals surface area (Å²) < 4.78 is 10.8. The van der Waals surface area contributed by atoms with Crippen LogP contribution in [0.4, 0.5) is 0 Å². The Morgan fingerprint density at radius 2 is 1.95 bits per heavy atom. The molecule has 0 saturated carbocycles. The average Bonchev–Trinajstić information content (AvgIpc) is 2.55. The number of nitrogens with one attached hydrogen (secondary N) is 1. The van der Waals surface area contributed by atoms with Gasteiger partial charge >= 0.3 is 0 Å². The zero-order chi connectivity index (χ0) is 14.7. The highest BCUT2D eigenvalue weighted by molar-refractivity contribution is 5.42. The third-order valence-corrected chi connectivity index (χ3v) is 4.13. The summed E-state index contributed by atoms with van der Waals surface area (Å²) >= 11 is 0. The maximum absolute atomic E-state index is 5.49. The number of rotatable bonds is 4. The van der Waals surface area contributed by atoms with E-state index in [0.29, 0.717) is 6.04 Å². The molecule has 3 heteroatoms. The number of hydrogen-bond acceptors (Lipinski definition) is 3. The lowest BCUT2D eigenvalue weighted by molar-refractivity contribution is 0.394. The van der Waals surface area contributed by atoms with Crippen molar-refractivity contribution in [3.05, 3.63) is 59.2 Å². The molecule has 1 aliphatic rings. The topological polar surface area (TPSA) is 30.5 Å². The lowest BCUT2D eigenvalue weighted by Gasteiger charge is -2.27. The van der Waals surface area contributed by atoms with Gasteiger partial charge in [-0.3, -0.25) is 0 Å². The van der Waals surface area contributed by atoms with Crippen LogP contribution in [0.15, 0.2) is 42.5 Å². The molecule has 3 nitrogen and oxygen atoms in total. The molecule has 0 spiro atoms. The van der Waals surface area contributed by atoms with Gasteiger partial charge in [0.15, 0.2) is 0 Å². The van der Waals surface area contributed by atoms with Gasteiger partial charge in [-0.25, -0.2) is 0 Å². The minimum atomic E-state index is 0.330. The molecule has 1 aliphatic heterocycles. The van der Waals surface area contributed by atoms with Gasteiger partial charge in [-0.1, -0.05) is 24.3 Å². The van der Waals surface area contributed by atoms with Gasteiger partial charge in [-0.15, -0.1) is 0 Å². The molecule has 2 aromatic carbocycles. The Balaban J connectivity index is 1.90. The van der Waals surface area contributed by atoms with E-state index in [1.54, 1.807) is 14.2 Å². The molecule has 21 heavy (non-hydrogen) atoms. The first-order valence-corrected chi connectivity index (χ1v) is 7.34. The van der Waals surface area contributed by atoms with E-state index >= 15 is 0 Å². The molecule has 0 aliphatic carbocycles. The van der Waals surface area contributed by atoms with Gasteiger partial charge in [0.05, 0.1) is 14.2 Å². The van der Waals surface area contributed by atoms with Crippen molar-refractivity contribution in [2.24, 2.45) is 0 Å². The Morgan fingerprint density at radius 3 is 2.76 bits per heavy atom. The Morgan fingerprint density at radius 1 is 1.10 bits per heavy atom. The summed E-state index contributed by atoms with van der Waals surface area (Å²) in [5, 5.41) is 3.62. The van der Waals surface area contributed by atoms with Gasteiger partial charge in [0.1, 0.15) is 11.5 Å². The summed E-state index contributed by atoms with van der Waals surface area (Å²) in [6.45, 7) is 1.02.